The van der Waals surface area contributed by atoms with Crippen LogP contribution in [-0.4, -0.2) is 32.6 Å². The van der Waals surface area contributed by atoms with Crippen LogP contribution in [0.25, 0.3) is 0 Å². The van der Waals surface area contributed by atoms with Gasteiger partial charge in [-0.05, 0) is 32.7 Å². The molecule has 0 aliphatic heterocycles. The summed E-state index contributed by atoms with van der Waals surface area (Å²) in [5.41, 5.74) is 0. The van der Waals surface area contributed by atoms with Gasteiger partial charge in [0.05, 0.1) is 0 Å². The van der Waals surface area contributed by atoms with Crippen molar-refractivity contribution in [1.82, 2.24) is 5.32 Å². The smallest absolute Gasteiger partial charge is 0.169 e. The van der Waals surface area contributed by atoms with E-state index >= 15 is 0 Å². The summed E-state index contributed by atoms with van der Waals surface area (Å²) in [6.45, 7) is 11.7. The monoisotopic (exact) mass is 203 g/mol. The van der Waals surface area contributed by atoms with Crippen molar-refractivity contribution < 1.29 is 9.47 Å². The first kappa shape index (κ1) is 13.9. The van der Waals surface area contributed by atoms with Crippen LogP contribution < -0.4 is 5.32 Å². The van der Waals surface area contributed by atoms with Crippen molar-refractivity contribution in [3.63, 3.8) is 0 Å². The van der Waals surface area contributed by atoms with E-state index in [0.29, 0.717) is 13.2 Å². The minimum Gasteiger partial charge on any atom is -0.352 e. The predicted molar refractivity (Wildman–Crippen MR) is 59.4 cm³/mol. The Hall–Kier alpha value is -0.120. The zero-order valence-corrected chi connectivity index (χ0v) is 10.0. The van der Waals surface area contributed by atoms with Crippen molar-refractivity contribution in [3.05, 3.63) is 0 Å². The lowest BCUT2D eigenvalue weighted by Gasteiger charge is -2.17. The van der Waals surface area contributed by atoms with E-state index in [-0.39, 0.29) is 6.29 Å². The molecular formula is C11H25NO2. The van der Waals surface area contributed by atoms with Crippen LogP contribution in [0.4, 0.5) is 0 Å². The summed E-state index contributed by atoms with van der Waals surface area (Å²) < 4.78 is 10.8. The van der Waals surface area contributed by atoms with Gasteiger partial charge < -0.3 is 14.8 Å². The molecule has 0 bridgehead atoms. The Balaban J connectivity index is 3.40. The lowest BCUT2D eigenvalue weighted by atomic mass is 10.1. The zero-order valence-electron chi connectivity index (χ0n) is 10.0. The van der Waals surface area contributed by atoms with Crippen molar-refractivity contribution in [2.24, 2.45) is 5.92 Å². The normalized spacial score (nSPS) is 11.6. The quantitative estimate of drug-likeness (QED) is 0.459. The van der Waals surface area contributed by atoms with Gasteiger partial charge in [0, 0.05) is 19.8 Å². The number of rotatable bonds is 9. The first-order chi connectivity index (χ1) is 6.70. The van der Waals surface area contributed by atoms with E-state index in [1.54, 1.807) is 0 Å². The van der Waals surface area contributed by atoms with Gasteiger partial charge in [0.25, 0.3) is 0 Å². The maximum absolute atomic E-state index is 5.40. The lowest BCUT2D eigenvalue weighted by molar-refractivity contribution is -0.132. The molecule has 0 unspecified atom stereocenters. The number of nitrogens with one attached hydrogen (secondary N) is 1. The third-order valence-electron chi connectivity index (χ3n) is 1.91. The van der Waals surface area contributed by atoms with Gasteiger partial charge in [0.1, 0.15) is 0 Å². The Kier molecular flexibility index (Phi) is 9.35. The topological polar surface area (TPSA) is 30.5 Å². The SMILES string of the molecule is CCOC(CNCCC(C)C)OCC. The minimum atomic E-state index is -0.0860. The van der Waals surface area contributed by atoms with E-state index in [1.165, 1.54) is 6.42 Å². The summed E-state index contributed by atoms with van der Waals surface area (Å²) in [4.78, 5) is 0. The first-order valence-electron chi connectivity index (χ1n) is 5.64. The second-order valence-electron chi connectivity index (χ2n) is 3.73. The van der Waals surface area contributed by atoms with Crippen LogP contribution in [0, 0.1) is 5.92 Å². The second kappa shape index (κ2) is 9.44. The summed E-state index contributed by atoms with van der Waals surface area (Å²) in [6, 6.07) is 0. The van der Waals surface area contributed by atoms with Crippen molar-refractivity contribution in [2.75, 3.05) is 26.3 Å². The van der Waals surface area contributed by atoms with Crippen molar-refractivity contribution in [1.29, 1.82) is 0 Å². The van der Waals surface area contributed by atoms with Crippen molar-refractivity contribution in [2.45, 2.75) is 40.4 Å². The Labute approximate surface area is 88.2 Å². The summed E-state index contributed by atoms with van der Waals surface area (Å²) >= 11 is 0. The van der Waals surface area contributed by atoms with E-state index in [4.69, 9.17) is 9.47 Å². The molecule has 0 atom stereocenters. The summed E-state index contributed by atoms with van der Waals surface area (Å²) in [5, 5.41) is 3.34. The Bertz CT molecular complexity index is 112. The van der Waals surface area contributed by atoms with Gasteiger partial charge in [-0.1, -0.05) is 13.8 Å². The molecule has 0 aromatic rings. The van der Waals surface area contributed by atoms with Crippen LogP contribution in [0.3, 0.4) is 0 Å². The standard InChI is InChI=1S/C11H25NO2/c1-5-13-11(14-6-2)9-12-8-7-10(3)4/h10-12H,5-9H2,1-4H3. The molecule has 86 valence electrons. The lowest BCUT2D eigenvalue weighted by Crippen LogP contribution is -2.32. The molecule has 0 amide bonds. The molecule has 0 heterocycles. The fourth-order valence-corrected chi connectivity index (χ4v) is 1.15. The van der Waals surface area contributed by atoms with Gasteiger partial charge in [-0.15, -0.1) is 0 Å². The zero-order chi connectivity index (χ0) is 10.8. The maximum atomic E-state index is 5.40. The van der Waals surface area contributed by atoms with Gasteiger partial charge in [-0.25, -0.2) is 0 Å². The highest BCUT2D eigenvalue weighted by molar-refractivity contribution is 4.54. The Morgan fingerprint density at radius 3 is 2.07 bits per heavy atom. The average molecular weight is 203 g/mol. The largest absolute Gasteiger partial charge is 0.352 e. The van der Waals surface area contributed by atoms with Gasteiger partial charge in [0.15, 0.2) is 6.29 Å². The summed E-state index contributed by atoms with van der Waals surface area (Å²) in [6.07, 6.45) is 1.11. The molecule has 0 radical (unpaired) electrons. The highest BCUT2D eigenvalue weighted by atomic mass is 16.7. The number of ether oxygens (including phenoxy) is 2. The Morgan fingerprint density at radius 2 is 1.64 bits per heavy atom. The van der Waals surface area contributed by atoms with Crippen LogP contribution in [-0.2, 0) is 9.47 Å². The fraction of sp³-hybridized carbons (Fsp3) is 1.00. The third-order valence-corrected chi connectivity index (χ3v) is 1.91. The van der Waals surface area contributed by atoms with E-state index in [1.807, 2.05) is 13.8 Å². The van der Waals surface area contributed by atoms with E-state index in [0.717, 1.165) is 19.0 Å². The summed E-state index contributed by atoms with van der Waals surface area (Å²) in [5.74, 6) is 0.750. The van der Waals surface area contributed by atoms with Gasteiger partial charge >= 0.3 is 0 Å². The molecule has 0 aromatic heterocycles. The van der Waals surface area contributed by atoms with E-state index in [2.05, 4.69) is 19.2 Å². The number of hydrogen-bond acceptors (Lipinski definition) is 3. The summed E-state index contributed by atoms with van der Waals surface area (Å²) in [7, 11) is 0. The minimum absolute atomic E-state index is 0.0860. The molecule has 14 heavy (non-hydrogen) atoms. The van der Waals surface area contributed by atoms with Gasteiger partial charge in [0.2, 0.25) is 0 Å². The highest BCUT2D eigenvalue weighted by Gasteiger charge is 2.06. The maximum Gasteiger partial charge on any atom is 0.169 e. The molecular weight excluding hydrogens is 178 g/mol. The Morgan fingerprint density at radius 1 is 1.07 bits per heavy atom. The molecule has 3 nitrogen and oxygen atoms in total. The molecule has 0 saturated heterocycles. The average Bonchev–Trinajstić information content (AvgIpc) is 2.12. The van der Waals surface area contributed by atoms with E-state index < -0.39 is 0 Å². The van der Waals surface area contributed by atoms with Crippen molar-refractivity contribution >= 4 is 0 Å². The van der Waals surface area contributed by atoms with Crippen molar-refractivity contribution in [3.8, 4) is 0 Å². The van der Waals surface area contributed by atoms with E-state index in [9.17, 15) is 0 Å². The molecule has 0 aliphatic rings. The van der Waals surface area contributed by atoms with Crippen LogP contribution in [0.1, 0.15) is 34.1 Å². The molecule has 0 spiro atoms. The molecule has 0 aliphatic carbocycles. The molecule has 0 rings (SSSR count). The van der Waals surface area contributed by atoms with Crippen LogP contribution in [0.2, 0.25) is 0 Å². The first-order valence-corrected chi connectivity index (χ1v) is 5.64. The molecule has 3 heteroatoms. The predicted octanol–water partition coefficient (Wildman–Crippen LogP) is 2.02. The third kappa shape index (κ3) is 8.48. The van der Waals surface area contributed by atoms with Gasteiger partial charge in [-0.2, -0.15) is 0 Å². The van der Waals surface area contributed by atoms with Crippen LogP contribution in [0.15, 0.2) is 0 Å². The highest BCUT2D eigenvalue weighted by Crippen LogP contribution is 1.97. The van der Waals surface area contributed by atoms with Gasteiger partial charge in [-0.3, -0.25) is 0 Å². The second-order valence-corrected chi connectivity index (χ2v) is 3.73. The van der Waals surface area contributed by atoms with Crippen LogP contribution >= 0.6 is 0 Å². The molecule has 0 aromatic carbocycles. The molecule has 0 saturated carbocycles. The molecule has 0 fully saturated rings. The number of hydrogen-bond donors (Lipinski definition) is 1. The fourth-order valence-electron chi connectivity index (χ4n) is 1.15. The molecule has 1 N–H and O–H groups in total. The van der Waals surface area contributed by atoms with Crippen LogP contribution in [0.5, 0.6) is 0 Å².